The summed E-state index contributed by atoms with van der Waals surface area (Å²) < 4.78 is 6.35. The van der Waals surface area contributed by atoms with E-state index in [0.717, 1.165) is 35.4 Å². The Bertz CT molecular complexity index is 485. The summed E-state index contributed by atoms with van der Waals surface area (Å²) in [6, 6.07) is 6.17. The van der Waals surface area contributed by atoms with E-state index in [0.29, 0.717) is 12.8 Å². The fourth-order valence-corrected chi connectivity index (χ4v) is 2.95. The lowest BCUT2D eigenvalue weighted by molar-refractivity contribution is -0.133. The van der Waals surface area contributed by atoms with E-state index >= 15 is 0 Å². The van der Waals surface area contributed by atoms with Crippen LogP contribution in [0, 0.1) is 0 Å². The van der Waals surface area contributed by atoms with Crippen LogP contribution < -0.4 is 10.1 Å². The van der Waals surface area contributed by atoms with E-state index in [4.69, 9.17) is 4.74 Å². The van der Waals surface area contributed by atoms with Crippen molar-refractivity contribution in [1.29, 1.82) is 0 Å². The molecule has 6 heteroatoms. The number of carbonyl (C=O) groups is 1. The third-order valence-corrected chi connectivity index (χ3v) is 4.17. The highest BCUT2D eigenvalue weighted by atomic mass is 79.9. The number of methoxy groups -OCH3 is 1. The third-order valence-electron chi connectivity index (χ3n) is 3.67. The zero-order valence-corrected chi connectivity index (χ0v) is 14.8. The Hall–Kier alpha value is -0.780. The number of hydrogen-bond acceptors (Lipinski definition) is 3. The summed E-state index contributed by atoms with van der Waals surface area (Å²) in [5, 5.41) is 3.30. The third kappa shape index (κ3) is 4.87. The fourth-order valence-electron chi connectivity index (χ4n) is 2.54. The molecule has 0 aliphatic carbocycles. The largest absolute Gasteiger partial charge is 0.496 e. The quantitative estimate of drug-likeness (QED) is 0.877. The lowest BCUT2D eigenvalue weighted by atomic mass is 10.1. The molecular formula is C15H22BrClN2O2. The molecule has 0 saturated carbocycles. The molecule has 1 unspecified atom stereocenters. The monoisotopic (exact) mass is 376 g/mol. The van der Waals surface area contributed by atoms with E-state index in [1.54, 1.807) is 7.11 Å². The Kier molecular flexibility index (Phi) is 7.49. The Balaban J connectivity index is 0.00000220. The van der Waals surface area contributed by atoms with Crippen LogP contribution in [0.5, 0.6) is 5.75 Å². The minimum atomic E-state index is 0. The molecule has 1 atom stereocenters. The van der Waals surface area contributed by atoms with Gasteiger partial charge in [-0.25, -0.2) is 0 Å². The zero-order valence-electron chi connectivity index (χ0n) is 12.4. The van der Waals surface area contributed by atoms with Crippen molar-refractivity contribution in [2.75, 3.05) is 26.7 Å². The molecule has 1 saturated heterocycles. The van der Waals surface area contributed by atoms with Crippen molar-refractivity contribution in [2.24, 2.45) is 0 Å². The predicted molar refractivity (Wildman–Crippen MR) is 90.3 cm³/mol. The number of amides is 1. The highest BCUT2D eigenvalue weighted by molar-refractivity contribution is 9.10. The van der Waals surface area contributed by atoms with Gasteiger partial charge in [0.1, 0.15) is 5.75 Å². The Labute approximate surface area is 140 Å². The van der Waals surface area contributed by atoms with Gasteiger partial charge in [0.15, 0.2) is 0 Å². The normalized spacial score (nSPS) is 18.0. The summed E-state index contributed by atoms with van der Waals surface area (Å²) in [4.78, 5) is 14.3. The number of carbonyl (C=O) groups excluding carboxylic acids is 1. The predicted octanol–water partition coefficient (Wildman–Crippen LogP) is 2.63. The van der Waals surface area contributed by atoms with Gasteiger partial charge in [0, 0.05) is 36.6 Å². The van der Waals surface area contributed by atoms with Crippen molar-refractivity contribution in [3.8, 4) is 5.75 Å². The SMILES string of the molecule is COc1ccc(Br)cc1CCC(=O)N1CCNCC1C.Cl. The molecule has 1 N–H and O–H groups in total. The first-order chi connectivity index (χ1) is 9.61. The lowest BCUT2D eigenvalue weighted by Gasteiger charge is -2.34. The van der Waals surface area contributed by atoms with Crippen LogP contribution in [0.15, 0.2) is 22.7 Å². The maximum absolute atomic E-state index is 12.3. The second-order valence-corrected chi connectivity index (χ2v) is 6.01. The summed E-state index contributed by atoms with van der Waals surface area (Å²) in [5.41, 5.74) is 1.07. The number of nitrogens with one attached hydrogen (secondary N) is 1. The topological polar surface area (TPSA) is 41.6 Å². The minimum Gasteiger partial charge on any atom is -0.496 e. The molecule has 0 aromatic heterocycles. The van der Waals surface area contributed by atoms with Crippen LogP contribution in [-0.4, -0.2) is 43.6 Å². The van der Waals surface area contributed by atoms with E-state index in [1.165, 1.54) is 0 Å². The molecule has 1 fully saturated rings. The summed E-state index contributed by atoms with van der Waals surface area (Å²) in [6.07, 6.45) is 1.23. The summed E-state index contributed by atoms with van der Waals surface area (Å²) >= 11 is 3.46. The number of halogens is 2. The molecule has 4 nitrogen and oxygen atoms in total. The Morgan fingerprint density at radius 2 is 2.29 bits per heavy atom. The van der Waals surface area contributed by atoms with Gasteiger partial charge in [-0.05, 0) is 37.1 Å². The van der Waals surface area contributed by atoms with Crippen molar-refractivity contribution < 1.29 is 9.53 Å². The fraction of sp³-hybridized carbons (Fsp3) is 0.533. The Morgan fingerprint density at radius 3 is 2.95 bits per heavy atom. The van der Waals surface area contributed by atoms with Gasteiger partial charge in [0.25, 0.3) is 0 Å². The summed E-state index contributed by atoms with van der Waals surface area (Å²) in [6.45, 7) is 4.65. The van der Waals surface area contributed by atoms with Gasteiger partial charge in [0.05, 0.1) is 7.11 Å². The van der Waals surface area contributed by atoms with Gasteiger partial charge in [-0.1, -0.05) is 15.9 Å². The molecule has 1 amide bonds. The van der Waals surface area contributed by atoms with Crippen LogP contribution >= 0.6 is 28.3 Å². The first kappa shape index (κ1) is 18.3. The highest BCUT2D eigenvalue weighted by Crippen LogP contribution is 2.24. The molecule has 2 rings (SSSR count). The second-order valence-electron chi connectivity index (χ2n) is 5.10. The van der Waals surface area contributed by atoms with Crippen LogP contribution in [0.1, 0.15) is 18.9 Å². The number of nitrogens with zero attached hydrogens (tertiary/aromatic N) is 1. The zero-order chi connectivity index (χ0) is 14.5. The van der Waals surface area contributed by atoms with E-state index < -0.39 is 0 Å². The molecule has 1 aromatic rings. The highest BCUT2D eigenvalue weighted by Gasteiger charge is 2.22. The lowest BCUT2D eigenvalue weighted by Crippen LogP contribution is -2.52. The molecule has 21 heavy (non-hydrogen) atoms. The maximum atomic E-state index is 12.3. The molecule has 1 aliphatic rings. The molecule has 0 radical (unpaired) electrons. The van der Waals surface area contributed by atoms with Gasteiger partial charge in [-0.3, -0.25) is 4.79 Å². The van der Waals surface area contributed by atoms with E-state index in [9.17, 15) is 4.79 Å². The molecule has 1 aliphatic heterocycles. The maximum Gasteiger partial charge on any atom is 0.223 e. The van der Waals surface area contributed by atoms with E-state index in [2.05, 4.69) is 28.2 Å². The van der Waals surface area contributed by atoms with Crippen LogP contribution in [0.2, 0.25) is 0 Å². The minimum absolute atomic E-state index is 0. The first-order valence-electron chi connectivity index (χ1n) is 6.94. The number of piperazine rings is 1. The van der Waals surface area contributed by atoms with Crippen molar-refractivity contribution in [2.45, 2.75) is 25.8 Å². The van der Waals surface area contributed by atoms with Crippen LogP contribution in [0.25, 0.3) is 0 Å². The van der Waals surface area contributed by atoms with Gasteiger partial charge in [-0.15, -0.1) is 12.4 Å². The van der Waals surface area contributed by atoms with E-state index in [-0.39, 0.29) is 24.4 Å². The molecular weight excluding hydrogens is 356 g/mol. The Morgan fingerprint density at radius 1 is 1.52 bits per heavy atom. The smallest absolute Gasteiger partial charge is 0.223 e. The van der Waals surface area contributed by atoms with Gasteiger partial charge in [-0.2, -0.15) is 0 Å². The van der Waals surface area contributed by atoms with Crippen molar-refractivity contribution in [3.63, 3.8) is 0 Å². The average Bonchev–Trinajstić information content (AvgIpc) is 2.45. The van der Waals surface area contributed by atoms with Crippen molar-refractivity contribution >= 4 is 34.2 Å². The molecule has 1 heterocycles. The van der Waals surface area contributed by atoms with E-state index in [1.807, 2.05) is 23.1 Å². The van der Waals surface area contributed by atoms with Gasteiger partial charge < -0.3 is 15.0 Å². The molecule has 1 aromatic carbocycles. The summed E-state index contributed by atoms with van der Waals surface area (Å²) in [7, 11) is 1.66. The van der Waals surface area contributed by atoms with Crippen LogP contribution in [0.4, 0.5) is 0 Å². The summed E-state index contributed by atoms with van der Waals surface area (Å²) in [5.74, 6) is 1.07. The number of aryl methyl sites for hydroxylation is 1. The average molecular weight is 378 g/mol. The molecule has 0 bridgehead atoms. The first-order valence-corrected chi connectivity index (χ1v) is 7.73. The molecule has 118 valence electrons. The van der Waals surface area contributed by atoms with Crippen LogP contribution in [0.3, 0.4) is 0 Å². The number of ether oxygens (including phenoxy) is 1. The second kappa shape index (κ2) is 8.61. The van der Waals surface area contributed by atoms with Crippen LogP contribution in [-0.2, 0) is 11.2 Å². The van der Waals surface area contributed by atoms with Gasteiger partial charge in [0.2, 0.25) is 5.91 Å². The standard InChI is InChI=1S/C15H21BrN2O2.ClH/c1-11-10-17-7-8-18(11)15(19)6-3-12-9-13(16)4-5-14(12)20-2;/h4-5,9,11,17H,3,6-8,10H2,1-2H3;1H. The number of rotatable bonds is 4. The van der Waals surface area contributed by atoms with Gasteiger partial charge >= 0.3 is 0 Å². The van der Waals surface area contributed by atoms with Crippen molar-refractivity contribution in [3.05, 3.63) is 28.2 Å². The number of hydrogen-bond donors (Lipinski definition) is 1. The molecule has 0 spiro atoms. The number of benzene rings is 1. The van der Waals surface area contributed by atoms with Crippen molar-refractivity contribution in [1.82, 2.24) is 10.2 Å².